The molecule has 0 aliphatic rings. The zero-order chi connectivity index (χ0) is 24.8. The standard InChI is InChI=1S/C28H27N3O4/c1-4-34-26(32)14-8-20-7-13-24(29)27-23-12-10-21(31-25(23)16-30-28(20)27)9-5-19-6-11-22(15-18(19)2)35-17-33-3/h6-7,10-13,15-16H,4,8,14,17,29H2,1-3H3. The molecule has 4 rings (SSSR count). The number of methoxy groups -OCH3 is 1. The number of aromatic nitrogens is 2. The number of carbonyl (C=O) groups is 1. The average molecular weight is 470 g/mol. The van der Waals surface area contributed by atoms with Crippen molar-refractivity contribution in [1.82, 2.24) is 9.97 Å². The summed E-state index contributed by atoms with van der Waals surface area (Å²) in [5.41, 5.74) is 11.9. The summed E-state index contributed by atoms with van der Waals surface area (Å²) in [5, 5.41) is 1.73. The van der Waals surface area contributed by atoms with Crippen LogP contribution >= 0.6 is 0 Å². The Labute approximate surface area is 204 Å². The first-order valence-corrected chi connectivity index (χ1v) is 11.4. The van der Waals surface area contributed by atoms with Crippen molar-refractivity contribution >= 4 is 33.5 Å². The second-order valence-electron chi connectivity index (χ2n) is 8.01. The van der Waals surface area contributed by atoms with Crippen molar-refractivity contribution in [1.29, 1.82) is 0 Å². The van der Waals surface area contributed by atoms with Gasteiger partial charge in [-0.2, -0.15) is 0 Å². The van der Waals surface area contributed by atoms with Crippen LogP contribution in [0.15, 0.2) is 48.7 Å². The second-order valence-corrected chi connectivity index (χ2v) is 8.01. The Morgan fingerprint density at radius 1 is 1.11 bits per heavy atom. The Balaban J connectivity index is 1.64. The summed E-state index contributed by atoms with van der Waals surface area (Å²) in [6.07, 6.45) is 2.54. The second kappa shape index (κ2) is 10.9. The third-order valence-corrected chi connectivity index (χ3v) is 5.57. The maximum atomic E-state index is 11.8. The van der Waals surface area contributed by atoms with Gasteiger partial charge in [0.15, 0.2) is 6.79 Å². The first-order chi connectivity index (χ1) is 17.0. The van der Waals surface area contributed by atoms with Crippen molar-refractivity contribution in [3.8, 4) is 17.6 Å². The van der Waals surface area contributed by atoms with Gasteiger partial charge in [0.1, 0.15) is 11.4 Å². The highest BCUT2D eigenvalue weighted by Gasteiger charge is 2.12. The van der Waals surface area contributed by atoms with Gasteiger partial charge >= 0.3 is 5.97 Å². The lowest BCUT2D eigenvalue weighted by atomic mass is 10.0. The lowest BCUT2D eigenvalue weighted by Gasteiger charge is -2.10. The van der Waals surface area contributed by atoms with Crippen LogP contribution in [0.1, 0.15) is 35.7 Å². The van der Waals surface area contributed by atoms with E-state index in [0.717, 1.165) is 38.7 Å². The van der Waals surface area contributed by atoms with Gasteiger partial charge in [-0.15, -0.1) is 0 Å². The van der Waals surface area contributed by atoms with Crippen LogP contribution in [0.5, 0.6) is 5.75 Å². The van der Waals surface area contributed by atoms with Gasteiger partial charge in [0.05, 0.1) is 23.8 Å². The van der Waals surface area contributed by atoms with Crippen LogP contribution in [-0.4, -0.2) is 36.4 Å². The monoisotopic (exact) mass is 469 g/mol. The molecule has 35 heavy (non-hydrogen) atoms. The zero-order valence-corrected chi connectivity index (χ0v) is 20.1. The fourth-order valence-electron chi connectivity index (χ4n) is 3.86. The number of nitrogens with zero attached hydrogens (tertiary/aromatic N) is 2. The van der Waals surface area contributed by atoms with Gasteiger partial charge in [-0.25, -0.2) is 4.98 Å². The molecule has 0 atom stereocenters. The largest absolute Gasteiger partial charge is 0.468 e. The van der Waals surface area contributed by atoms with Crippen LogP contribution in [-0.2, 0) is 20.7 Å². The quantitative estimate of drug-likeness (QED) is 0.139. The van der Waals surface area contributed by atoms with Crippen LogP contribution in [0, 0.1) is 18.8 Å². The van der Waals surface area contributed by atoms with Gasteiger partial charge in [0, 0.05) is 35.6 Å². The van der Waals surface area contributed by atoms with E-state index in [0.29, 0.717) is 29.9 Å². The minimum Gasteiger partial charge on any atom is -0.468 e. The number of hydrogen-bond donors (Lipinski definition) is 1. The van der Waals surface area contributed by atoms with Crippen molar-refractivity contribution in [3.05, 3.63) is 71.0 Å². The Bertz CT molecular complexity index is 1450. The number of pyridine rings is 2. The predicted octanol–water partition coefficient (Wildman–Crippen LogP) is 4.55. The molecule has 0 aliphatic heterocycles. The van der Waals surface area contributed by atoms with Crippen LogP contribution in [0.2, 0.25) is 0 Å². The lowest BCUT2D eigenvalue weighted by Crippen LogP contribution is -2.06. The Morgan fingerprint density at radius 3 is 2.74 bits per heavy atom. The third kappa shape index (κ3) is 5.51. The van der Waals surface area contributed by atoms with Crippen LogP contribution < -0.4 is 10.5 Å². The summed E-state index contributed by atoms with van der Waals surface area (Å²) in [7, 11) is 1.58. The first kappa shape index (κ1) is 24.0. The van der Waals surface area contributed by atoms with E-state index in [2.05, 4.69) is 16.8 Å². The number of aryl methyl sites for hydroxylation is 2. The Hall–Kier alpha value is -4.15. The van der Waals surface area contributed by atoms with Gasteiger partial charge < -0.3 is 19.9 Å². The van der Waals surface area contributed by atoms with Gasteiger partial charge in [0.2, 0.25) is 0 Å². The van der Waals surface area contributed by atoms with Crippen molar-refractivity contribution in [3.63, 3.8) is 0 Å². The highest BCUT2D eigenvalue weighted by Crippen LogP contribution is 2.30. The molecule has 2 heterocycles. The average Bonchev–Trinajstić information content (AvgIpc) is 2.86. The molecule has 0 aliphatic carbocycles. The van der Waals surface area contributed by atoms with E-state index in [1.54, 1.807) is 20.2 Å². The molecule has 0 unspecified atom stereocenters. The predicted molar refractivity (Wildman–Crippen MR) is 136 cm³/mol. The summed E-state index contributed by atoms with van der Waals surface area (Å²) in [4.78, 5) is 21.1. The van der Waals surface area contributed by atoms with Crippen LogP contribution in [0.3, 0.4) is 0 Å². The van der Waals surface area contributed by atoms with Crippen molar-refractivity contribution in [2.75, 3.05) is 26.2 Å². The lowest BCUT2D eigenvalue weighted by molar-refractivity contribution is -0.143. The number of anilines is 1. The minimum absolute atomic E-state index is 0.200. The number of carbonyl (C=O) groups excluding carboxylic acids is 1. The molecule has 0 bridgehead atoms. The van der Waals surface area contributed by atoms with E-state index in [1.807, 2.05) is 49.4 Å². The smallest absolute Gasteiger partial charge is 0.306 e. The number of hydrogen-bond acceptors (Lipinski definition) is 7. The molecule has 2 aromatic carbocycles. The number of benzene rings is 2. The van der Waals surface area contributed by atoms with E-state index < -0.39 is 0 Å². The van der Waals surface area contributed by atoms with Gasteiger partial charge in [-0.3, -0.25) is 9.78 Å². The molecule has 0 saturated heterocycles. The number of ether oxygens (including phenoxy) is 3. The number of esters is 1. The molecule has 7 heteroatoms. The molecule has 4 aromatic rings. The number of fused-ring (bicyclic) bond motifs is 3. The molecular weight excluding hydrogens is 442 g/mol. The Kier molecular flexibility index (Phi) is 7.44. The summed E-state index contributed by atoms with van der Waals surface area (Å²) < 4.78 is 15.5. The van der Waals surface area contributed by atoms with E-state index in [4.69, 9.17) is 24.9 Å². The van der Waals surface area contributed by atoms with Gasteiger partial charge in [-0.05, 0) is 73.7 Å². The third-order valence-electron chi connectivity index (χ3n) is 5.57. The first-order valence-electron chi connectivity index (χ1n) is 11.4. The number of nitrogens with two attached hydrogens (primary N) is 1. The molecule has 0 radical (unpaired) electrons. The van der Waals surface area contributed by atoms with Crippen molar-refractivity contribution in [2.24, 2.45) is 0 Å². The number of rotatable bonds is 7. The highest BCUT2D eigenvalue weighted by molar-refractivity contribution is 6.11. The maximum Gasteiger partial charge on any atom is 0.306 e. The Morgan fingerprint density at radius 2 is 1.97 bits per heavy atom. The molecule has 0 amide bonds. The molecule has 2 N–H and O–H groups in total. The molecule has 178 valence electrons. The van der Waals surface area contributed by atoms with Crippen LogP contribution in [0.25, 0.3) is 21.8 Å². The zero-order valence-electron chi connectivity index (χ0n) is 20.1. The maximum absolute atomic E-state index is 11.8. The van der Waals surface area contributed by atoms with E-state index >= 15 is 0 Å². The number of nitrogen functional groups attached to an aromatic ring is 1. The van der Waals surface area contributed by atoms with Crippen molar-refractivity contribution in [2.45, 2.75) is 26.7 Å². The molecular formula is C28H27N3O4. The van der Waals surface area contributed by atoms with E-state index in [-0.39, 0.29) is 19.2 Å². The molecule has 7 nitrogen and oxygen atoms in total. The topological polar surface area (TPSA) is 96.6 Å². The summed E-state index contributed by atoms with van der Waals surface area (Å²) in [6.45, 7) is 4.35. The van der Waals surface area contributed by atoms with E-state index in [1.165, 1.54) is 0 Å². The molecule has 0 saturated carbocycles. The molecule has 2 aromatic heterocycles. The minimum atomic E-state index is -0.226. The van der Waals surface area contributed by atoms with Gasteiger partial charge in [-0.1, -0.05) is 12.0 Å². The summed E-state index contributed by atoms with van der Waals surface area (Å²) >= 11 is 0. The fraction of sp³-hybridized carbons (Fsp3) is 0.250. The SMILES string of the molecule is CCOC(=O)CCc1ccc(N)c2c1ncc1nc(C#Cc3ccc(OCOC)cc3C)ccc12. The summed E-state index contributed by atoms with van der Waals surface area (Å²) in [5.74, 6) is 6.83. The highest BCUT2D eigenvalue weighted by atomic mass is 16.7. The normalized spacial score (nSPS) is 10.7. The molecule has 0 fully saturated rings. The molecule has 0 spiro atoms. The summed E-state index contributed by atoms with van der Waals surface area (Å²) in [6, 6.07) is 13.3. The van der Waals surface area contributed by atoms with Crippen LogP contribution in [0.4, 0.5) is 5.69 Å². The van der Waals surface area contributed by atoms with E-state index in [9.17, 15) is 4.79 Å². The van der Waals surface area contributed by atoms with Gasteiger partial charge in [0.25, 0.3) is 0 Å². The fourth-order valence-corrected chi connectivity index (χ4v) is 3.86. The van der Waals surface area contributed by atoms with Crippen molar-refractivity contribution < 1.29 is 19.0 Å².